The van der Waals surface area contributed by atoms with Crippen molar-refractivity contribution in [3.05, 3.63) is 0 Å². The van der Waals surface area contributed by atoms with Gasteiger partial charge < -0.3 is 27.3 Å². The van der Waals surface area contributed by atoms with Crippen molar-refractivity contribution in [3.63, 3.8) is 0 Å². The Hall–Kier alpha value is 0.469. The molecule has 0 atom stereocenters. The molecule has 0 fully saturated rings. The van der Waals surface area contributed by atoms with Gasteiger partial charge in [0, 0.05) is 0 Å². The van der Waals surface area contributed by atoms with Crippen LogP contribution in [0.1, 0.15) is 0 Å². The second-order valence-corrected chi connectivity index (χ2v) is 10.6. The smallest absolute Gasteiger partial charge is 0.724 e. The van der Waals surface area contributed by atoms with E-state index in [9.17, 15) is 77.8 Å². The molecule has 0 aromatic rings. The Balaban J connectivity index is -0.0000000611. The van der Waals surface area contributed by atoms with Gasteiger partial charge in [0.05, 0.1) is 0 Å². The van der Waals surface area contributed by atoms with Gasteiger partial charge in [0.1, 0.15) is 0 Å². The maximum atomic E-state index is 9.37. The van der Waals surface area contributed by atoms with Crippen LogP contribution in [0.5, 0.6) is 0 Å². The fourth-order valence-electron chi connectivity index (χ4n) is 0.204. The van der Waals surface area contributed by atoms with E-state index in [4.69, 9.17) is 39.9 Å². The molecular formula is H6Fe2O33S9. The normalized spacial score (nSPS) is 11.5. The van der Waals surface area contributed by atoms with E-state index in [1.807, 2.05) is 0 Å². The standard InChI is InChI=1S/2Fe.3H2O8S2.3H2O3S/c;;3*1-9(2,3)7-8-10(4,5)6;3*1-4(2)3/h;;3*(H,1,2,3)(H,4,5,6);3*(H2,1,2,3)/q2*+3;;;;;;/p-6. The fourth-order valence-corrected chi connectivity index (χ4v) is 1.84. The van der Waals surface area contributed by atoms with E-state index in [-0.39, 0.29) is 34.1 Å². The second kappa shape index (κ2) is 29.6. The summed E-state index contributed by atoms with van der Waals surface area (Å²) < 4.78 is 253. The Morgan fingerprint density at radius 3 is 0.386 bits per heavy atom. The van der Waals surface area contributed by atoms with Crippen LogP contribution in [0.2, 0.25) is 0 Å². The molecule has 44 heteroatoms. The first kappa shape index (κ1) is 63.2. The van der Waals surface area contributed by atoms with Crippen molar-refractivity contribution in [2.45, 2.75) is 0 Å². The van der Waals surface area contributed by atoms with Crippen LogP contribution in [-0.4, -0.2) is 118 Å². The van der Waals surface area contributed by atoms with Gasteiger partial charge >= 0.3 is 34.1 Å². The minimum atomic E-state index is -5.31. The zero-order valence-electron chi connectivity index (χ0n) is 18.1. The predicted molar refractivity (Wildman–Crippen MR) is 105 cm³/mol. The molecular weight excluding hydrogens is 928 g/mol. The van der Waals surface area contributed by atoms with Crippen molar-refractivity contribution >= 4 is 96.5 Å². The molecule has 0 heterocycles. The second-order valence-electron chi connectivity index (χ2n) is 3.55. The average molecular weight is 934 g/mol. The van der Waals surface area contributed by atoms with E-state index in [0.717, 1.165) is 0 Å². The third kappa shape index (κ3) is 158. The quantitative estimate of drug-likeness (QED) is 0.0312. The van der Waals surface area contributed by atoms with Gasteiger partial charge in [0.25, 0.3) is 34.1 Å². The minimum absolute atomic E-state index is 0. The Kier molecular flexibility index (Phi) is 42.5. The Morgan fingerprint density at radius 1 is 0.318 bits per heavy atom. The van der Waals surface area contributed by atoms with Crippen LogP contribution in [0, 0.1) is 0 Å². The van der Waals surface area contributed by atoms with Gasteiger partial charge in [-0.25, -0.2) is 50.5 Å². The van der Waals surface area contributed by atoms with Crippen LogP contribution in [0.4, 0.5) is 0 Å². The van der Waals surface area contributed by atoms with E-state index in [1.165, 1.54) is 0 Å². The number of hydrogen-bond acceptors (Lipinski definition) is 27. The summed E-state index contributed by atoms with van der Waals surface area (Å²) in [5.41, 5.74) is 0. The zero-order chi connectivity index (χ0) is 36.0. The van der Waals surface area contributed by atoms with Crippen molar-refractivity contribution in [1.82, 2.24) is 0 Å². The molecule has 0 aliphatic heterocycles. The van der Waals surface area contributed by atoms with Gasteiger partial charge in [-0.05, 0) is 0 Å². The van der Waals surface area contributed by atoms with Crippen LogP contribution in [0.3, 0.4) is 0 Å². The fraction of sp³-hybridized carbons (Fsp3) is 0. The van der Waals surface area contributed by atoms with E-state index in [2.05, 4.69) is 26.0 Å². The van der Waals surface area contributed by atoms with Gasteiger partial charge in [-0.15, -0.1) is 26.0 Å². The van der Waals surface area contributed by atoms with Crippen LogP contribution >= 0.6 is 0 Å². The summed E-state index contributed by atoms with van der Waals surface area (Å²) in [6.45, 7) is 0. The first-order chi connectivity index (χ1) is 17.8. The first-order valence-electron chi connectivity index (χ1n) is 6.10. The van der Waals surface area contributed by atoms with Crippen molar-refractivity contribution in [1.29, 1.82) is 0 Å². The molecule has 274 valence electrons. The van der Waals surface area contributed by atoms with Gasteiger partial charge in [0.15, 0.2) is 0 Å². The van der Waals surface area contributed by atoms with E-state index in [0.29, 0.717) is 0 Å². The summed E-state index contributed by atoms with van der Waals surface area (Å²) in [7, 11) is -31.9. The molecule has 6 N–H and O–H groups in total. The summed E-state index contributed by atoms with van der Waals surface area (Å²) in [5, 5.41) is 0. The molecule has 0 saturated carbocycles. The summed E-state index contributed by atoms with van der Waals surface area (Å²) >= 11 is -7.83. The SMILES string of the molecule is O=S(=O)([O-])OOS(=O)(=O)[O-].O=S(=O)([O-])OOS(=O)(=O)[O-].O=S(=O)([O-])OOS(=O)(=O)[O-].O=S(O)O.O=S(O)O.O=S(O)O.[Fe+3].[Fe+3]. The average Bonchev–Trinajstić information content (AvgIpc) is 2.60. The predicted octanol–water partition coefficient (Wildman–Crippen LogP) is -7.40. The van der Waals surface area contributed by atoms with Crippen LogP contribution < -0.4 is 0 Å². The minimum Gasteiger partial charge on any atom is -0.724 e. The molecule has 0 bridgehead atoms. The summed E-state index contributed by atoms with van der Waals surface area (Å²) in [4.78, 5) is 0. The molecule has 0 aliphatic carbocycles. The third-order valence-electron chi connectivity index (χ3n) is 0.583. The van der Waals surface area contributed by atoms with E-state index in [1.54, 1.807) is 0 Å². The molecule has 44 heavy (non-hydrogen) atoms. The van der Waals surface area contributed by atoms with Crippen LogP contribution in [0.15, 0.2) is 0 Å². The molecule has 2 radical (unpaired) electrons. The van der Waals surface area contributed by atoms with Gasteiger partial charge in [0.2, 0.25) is 62.4 Å². The molecule has 0 saturated heterocycles. The van der Waals surface area contributed by atoms with Crippen molar-refractivity contribution in [2.24, 2.45) is 0 Å². The molecule has 0 spiro atoms. The Morgan fingerprint density at radius 2 is 0.364 bits per heavy atom. The largest absolute Gasteiger partial charge is 3.00 e. The Bertz CT molecular complexity index is 1140. The van der Waals surface area contributed by atoms with Gasteiger partial charge in [-0.2, -0.15) is 12.6 Å². The van der Waals surface area contributed by atoms with Crippen molar-refractivity contribution < 1.29 is 178 Å². The number of hydrogen-bond donors (Lipinski definition) is 6. The van der Waals surface area contributed by atoms with Crippen LogP contribution in [0.25, 0.3) is 0 Å². The number of rotatable bonds is 9. The summed E-state index contributed by atoms with van der Waals surface area (Å²) in [6.07, 6.45) is 0. The first-order valence-corrected chi connectivity index (χ1v) is 17.3. The van der Waals surface area contributed by atoms with Gasteiger partial charge in [-0.1, -0.05) is 0 Å². The van der Waals surface area contributed by atoms with E-state index < -0.39 is 96.5 Å². The maximum absolute atomic E-state index is 9.37. The Labute approximate surface area is 272 Å². The molecule has 0 aromatic heterocycles. The monoisotopic (exact) mass is 933 g/mol. The van der Waals surface area contributed by atoms with Crippen molar-refractivity contribution in [2.75, 3.05) is 0 Å². The molecule has 33 nitrogen and oxygen atoms in total. The maximum Gasteiger partial charge on any atom is 3.00 e. The zero-order valence-corrected chi connectivity index (χ0v) is 27.6. The summed E-state index contributed by atoms with van der Waals surface area (Å²) in [5.74, 6) is 0. The van der Waals surface area contributed by atoms with Crippen LogP contribution in [-0.2, 0) is 157 Å². The molecule has 0 unspecified atom stereocenters. The topological polar surface area (TPSA) is 571 Å². The summed E-state index contributed by atoms with van der Waals surface area (Å²) in [6, 6.07) is 0. The van der Waals surface area contributed by atoms with Gasteiger partial charge in [-0.3, -0.25) is 27.3 Å². The molecule has 0 aromatic carbocycles. The van der Waals surface area contributed by atoms with Crippen molar-refractivity contribution in [3.8, 4) is 0 Å². The molecule has 0 amide bonds. The molecule has 0 aliphatic rings. The van der Waals surface area contributed by atoms with E-state index >= 15 is 0 Å². The third-order valence-corrected chi connectivity index (χ3v) is 2.25. The molecule has 0 rings (SSSR count).